The highest BCUT2D eigenvalue weighted by molar-refractivity contribution is 5.87. The average molecular weight is 277 g/mol. The molecule has 2 N–H and O–H groups in total. The molecule has 0 saturated heterocycles. The molecule has 1 aromatic carbocycles. The Labute approximate surface area is 120 Å². The number of benzene rings is 1. The van der Waals surface area contributed by atoms with Gasteiger partial charge in [-0.25, -0.2) is 0 Å². The van der Waals surface area contributed by atoms with Gasteiger partial charge < -0.3 is 14.9 Å². The number of aliphatic hydroxyl groups excluding tert-OH is 2. The van der Waals surface area contributed by atoms with E-state index in [0.29, 0.717) is 0 Å². The van der Waals surface area contributed by atoms with Crippen LogP contribution in [0.3, 0.4) is 0 Å². The topological polar surface area (TPSA) is 66.8 Å². The van der Waals surface area contributed by atoms with E-state index in [9.17, 15) is 15.0 Å². The van der Waals surface area contributed by atoms with Gasteiger partial charge >= 0.3 is 5.97 Å². The Morgan fingerprint density at radius 1 is 1.35 bits per heavy atom. The third-order valence-corrected chi connectivity index (χ3v) is 3.23. The van der Waals surface area contributed by atoms with Gasteiger partial charge in [0.1, 0.15) is 0 Å². The predicted octanol–water partition coefficient (Wildman–Crippen LogP) is 1.69. The van der Waals surface area contributed by atoms with Crippen molar-refractivity contribution < 1.29 is 19.7 Å². The zero-order chi connectivity index (χ0) is 15.1. The molecule has 0 aliphatic carbocycles. The monoisotopic (exact) mass is 277 g/mol. The summed E-state index contributed by atoms with van der Waals surface area (Å²) >= 11 is 0. The molecule has 0 aliphatic rings. The molecule has 3 atom stereocenters. The minimum atomic E-state index is -0.942. The molecule has 4 nitrogen and oxygen atoms in total. The molecular formula is C16H21O4. The summed E-state index contributed by atoms with van der Waals surface area (Å²) in [7, 11) is 1.25. The number of methoxy groups -OCH3 is 1. The van der Waals surface area contributed by atoms with Gasteiger partial charge in [0, 0.05) is 18.8 Å². The maximum atomic E-state index is 11.2. The number of hydrogen-bond acceptors (Lipinski definition) is 4. The summed E-state index contributed by atoms with van der Waals surface area (Å²) in [6.45, 7) is 5.39. The van der Waals surface area contributed by atoms with E-state index < -0.39 is 18.2 Å². The minimum Gasteiger partial charge on any atom is -0.469 e. The second-order valence-corrected chi connectivity index (χ2v) is 4.75. The van der Waals surface area contributed by atoms with Crippen molar-refractivity contribution >= 4 is 5.97 Å². The van der Waals surface area contributed by atoms with Crippen molar-refractivity contribution in [3.05, 3.63) is 55.2 Å². The molecule has 0 fully saturated rings. The number of carbonyl (C=O) groups is 1. The van der Waals surface area contributed by atoms with Gasteiger partial charge in [-0.15, -0.1) is 0 Å². The van der Waals surface area contributed by atoms with Crippen molar-refractivity contribution in [3.8, 4) is 0 Å². The van der Waals surface area contributed by atoms with Crippen molar-refractivity contribution in [2.24, 2.45) is 0 Å². The summed E-state index contributed by atoms with van der Waals surface area (Å²) in [5.41, 5.74) is 0.999. The molecule has 3 radical (unpaired) electrons. The lowest BCUT2D eigenvalue weighted by molar-refractivity contribution is -0.137. The molecule has 0 aliphatic heterocycles. The first-order valence-electron chi connectivity index (χ1n) is 6.48. The van der Waals surface area contributed by atoms with Gasteiger partial charge in [0.15, 0.2) is 0 Å². The number of ether oxygens (including phenoxy) is 1. The SMILES string of the molecule is [CH2][C]([CH][C@H](O)C[C@@H](O)C(C)c1ccccc1)C(=O)OC. The van der Waals surface area contributed by atoms with E-state index in [1.54, 1.807) is 0 Å². The largest absolute Gasteiger partial charge is 0.469 e. The first kappa shape index (κ1) is 16.7. The molecule has 0 bridgehead atoms. The molecule has 1 unspecified atom stereocenters. The van der Waals surface area contributed by atoms with Gasteiger partial charge in [0.25, 0.3) is 0 Å². The normalized spacial score (nSPS) is 15.7. The molecule has 4 heteroatoms. The van der Waals surface area contributed by atoms with Crippen LogP contribution in [0.5, 0.6) is 0 Å². The third kappa shape index (κ3) is 4.94. The summed E-state index contributed by atoms with van der Waals surface area (Å²) in [4.78, 5) is 11.2. The predicted molar refractivity (Wildman–Crippen MR) is 76.4 cm³/mol. The Hall–Kier alpha value is -1.39. The number of aliphatic hydroxyl groups is 2. The Morgan fingerprint density at radius 3 is 2.50 bits per heavy atom. The van der Waals surface area contributed by atoms with Gasteiger partial charge in [-0.2, -0.15) is 0 Å². The van der Waals surface area contributed by atoms with Gasteiger partial charge in [-0.1, -0.05) is 37.3 Å². The minimum absolute atomic E-state index is 0.0829. The Bertz CT molecular complexity index is 404. The van der Waals surface area contributed by atoms with E-state index in [2.05, 4.69) is 11.7 Å². The highest BCUT2D eigenvalue weighted by Crippen LogP contribution is 2.23. The van der Waals surface area contributed by atoms with E-state index in [-0.39, 0.29) is 18.3 Å². The van der Waals surface area contributed by atoms with Gasteiger partial charge in [-0.3, -0.25) is 4.79 Å². The standard InChI is InChI=1S/C16H21O4/c1-11(16(19)20-3)9-14(17)10-15(18)12(2)13-7-5-4-6-8-13/h4-9,12,14-15,17-18H,1,10H2,2-3H3/t12?,14-,15+/m0/s1. The van der Waals surface area contributed by atoms with Gasteiger partial charge in [-0.05, 0) is 12.5 Å². The average Bonchev–Trinajstić information content (AvgIpc) is 2.46. The second-order valence-electron chi connectivity index (χ2n) is 4.75. The van der Waals surface area contributed by atoms with Crippen LogP contribution in [0.1, 0.15) is 24.8 Å². The Kier molecular flexibility index (Phi) is 6.68. The molecule has 1 rings (SSSR count). The van der Waals surface area contributed by atoms with Crippen molar-refractivity contribution in [3.63, 3.8) is 0 Å². The molecule has 0 amide bonds. The van der Waals surface area contributed by atoms with Crippen molar-refractivity contribution in [2.75, 3.05) is 7.11 Å². The number of carbonyl (C=O) groups excluding carboxylic acids is 1. The van der Waals surface area contributed by atoms with Gasteiger partial charge in [0.05, 0.1) is 25.2 Å². The maximum Gasteiger partial charge on any atom is 0.313 e. The molecule has 1 aromatic rings. The zero-order valence-corrected chi connectivity index (χ0v) is 11.8. The maximum absolute atomic E-state index is 11.2. The first-order valence-corrected chi connectivity index (χ1v) is 6.48. The lowest BCUT2D eigenvalue weighted by Crippen LogP contribution is -2.26. The number of rotatable bonds is 7. The van der Waals surface area contributed by atoms with Crippen LogP contribution in [0.15, 0.2) is 30.3 Å². The van der Waals surface area contributed by atoms with Crippen LogP contribution >= 0.6 is 0 Å². The molecule has 0 spiro atoms. The third-order valence-electron chi connectivity index (χ3n) is 3.23. The molecular weight excluding hydrogens is 256 g/mol. The summed E-state index contributed by atoms with van der Waals surface area (Å²) in [5, 5.41) is 20.0. The van der Waals surface area contributed by atoms with Crippen LogP contribution in [0, 0.1) is 19.3 Å². The Morgan fingerprint density at radius 2 is 1.95 bits per heavy atom. The number of esters is 1. The van der Waals surface area contributed by atoms with Gasteiger partial charge in [0.2, 0.25) is 0 Å². The highest BCUT2D eigenvalue weighted by atomic mass is 16.5. The van der Waals surface area contributed by atoms with E-state index in [1.165, 1.54) is 13.5 Å². The molecule has 109 valence electrons. The Balaban J connectivity index is 2.49. The van der Waals surface area contributed by atoms with Crippen LogP contribution in [-0.4, -0.2) is 35.5 Å². The van der Waals surface area contributed by atoms with Crippen LogP contribution in [0.25, 0.3) is 0 Å². The van der Waals surface area contributed by atoms with Crippen LogP contribution in [0.4, 0.5) is 0 Å². The summed E-state index contributed by atoms with van der Waals surface area (Å²) in [6, 6.07) is 9.57. The van der Waals surface area contributed by atoms with E-state index in [4.69, 9.17) is 0 Å². The molecule has 20 heavy (non-hydrogen) atoms. The lowest BCUT2D eigenvalue weighted by atomic mass is 9.90. The first-order chi connectivity index (χ1) is 9.45. The summed E-state index contributed by atoms with van der Waals surface area (Å²) in [5.74, 6) is -0.611. The molecule has 0 aromatic heterocycles. The molecule has 0 heterocycles. The second kappa shape index (κ2) is 8.02. The van der Waals surface area contributed by atoms with Crippen LogP contribution < -0.4 is 0 Å². The van der Waals surface area contributed by atoms with Crippen molar-refractivity contribution in [2.45, 2.75) is 31.5 Å². The molecule has 0 saturated carbocycles. The van der Waals surface area contributed by atoms with Crippen LogP contribution in [0.2, 0.25) is 0 Å². The van der Waals surface area contributed by atoms with Crippen molar-refractivity contribution in [1.82, 2.24) is 0 Å². The fourth-order valence-electron chi connectivity index (χ4n) is 1.93. The van der Waals surface area contributed by atoms with Crippen molar-refractivity contribution in [1.29, 1.82) is 0 Å². The quantitative estimate of drug-likeness (QED) is 0.744. The zero-order valence-electron chi connectivity index (χ0n) is 11.8. The van der Waals surface area contributed by atoms with E-state index >= 15 is 0 Å². The fraction of sp³-hybridized carbons (Fsp3) is 0.375. The highest BCUT2D eigenvalue weighted by Gasteiger charge is 2.24. The lowest BCUT2D eigenvalue weighted by Gasteiger charge is -2.22. The van der Waals surface area contributed by atoms with Crippen LogP contribution in [-0.2, 0) is 9.53 Å². The fourth-order valence-corrected chi connectivity index (χ4v) is 1.93. The number of hydrogen-bond donors (Lipinski definition) is 2. The summed E-state index contributed by atoms with van der Waals surface area (Å²) < 4.78 is 4.49. The summed E-state index contributed by atoms with van der Waals surface area (Å²) in [6.07, 6.45) is -0.226. The van der Waals surface area contributed by atoms with E-state index in [0.717, 1.165) is 5.56 Å². The van der Waals surface area contributed by atoms with E-state index in [1.807, 2.05) is 37.3 Å². The smallest absolute Gasteiger partial charge is 0.313 e.